The van der Waals surface area contributed by atoms with E-state index in [4.69, 9.17) is 26.0 Å². The molecule has 17 aromatic rings. The Bertz CT molecular complexity index is 7070. The van der Waals surface area contributed by atoms with Crippen LogP contribution in [-0.4, -0.2) is 194 Å². The second-order valence-corrected chi connectivity index (χ2v) is 54.2. The number of sulfonamides is 2. The Kier molecular flexibility index (Phi) is 54.3. The third kappa shape index (κ3) is 37.8. The van der Waals surface area contributed by atoms with Gasteiger partial charge in [0.25, 0.3) is 32.1 Å². The van der Waals surface area contributed by atoms with Gasteiger partial charge in [0.1, 0.15) is 19.5 Å². The number of halogens is 9. The van der Waals surface area contributed by atoms with Crippen molar-refractivity contribution in [2.45, 2.75) is 107 Å². The summed E-state index contributed by atoms with van der Waals surface area (Å²) in [7, 11) is 8.05. The van der Waals surface area contributed by atoms with E-state index in [1.54, 1.807) is 127 Å². The minimum atomic E-state index is -3.77. The average molecular weight is 2780 g/mol. The molecule has 15 aromatic heterocycles. The zero-order chi connectivity index (χ0) is 106. The van der Waals surface area contributed by atoms with Crippen molar-refractivity contribution in [1.29, 1.82) is 0 Å². The van der Waals surface area contributed by atoms with E-state index in [1.165, 1.54) is 258 Å². The number of thiophene rings is 11. The van der Waals surface area contributed by atoms with Crippen LogP contribution in [-0.2, 0) is 50.4 Å². The van der Waals surface area contributed by atoms with E-state index in [0.717, 1.165) is 66.5 Å². The predicted molar refractivity (Wildman–Crippen MR) is 644 cm³/mol. The third-order valence-corrected chi connectivity index (χ3v) is 40.3. The number of fused-ring (bicyclic) bond motifs is 5. The molecule has 1 amide bonds. The molecular formula is C95H107Br6Cl3KN20O11S14+. The van der Waals surface area contributed by atoms with Crippen molar-refractivity contribution in [3.8, 4) is 0 Å². The minimum absolute atomic E-state index is 0. The Balaban J connectivity index is 0.000000170. The van der Waals surface area contributed by atoms with Crippen molar-refractivity contribution in [2.24, 2.45) is 31.4 Å². The molecule has 6 aliphatic rings. The first kappa shape index (κ1) is 127. The largest absolute Gasteiger partial charge is 1.00 e. The number of aromatic carboxylic acids is 2. The topological polar surface area (TPSA) is 381 Å². The summed E-state index contributed by atoms with van der Waals surface area (Å²) in [6.45, 7) is 17.4. The minimum Gasteiger partial charge on any atom is -0.870 e. The number of anilines is 4. The molecular weight excluding hydrogens is 2670 g/mol. The van der Waals surface area contributed by atoms with Crippen molar-refractivity contribution in [1.82, 2.24) is 64.8 Å². The number of nitrogens with zero attached hydrogens (tertiary/aromatic N) is 15. The zero-order valence-corrected chi connectivity index (χ0v) is 108. The number of hydrogen-bond donors (Lipinski definition) is 7. The molecule has 1 unspecified atom stereocenters. The number of hydrogen-bond acceptors (Lipinski definition) is 32. The number of carboxylic acids is 2. The number of piperidine rings is 4. The molecule has 55 heteroatoms. The van der Waals surface area contributed by atoms with Crippen LogP contribution in [0.3, 0.4) is 0 Å². The van der Waals surface area contributed by atoms with Gasteiger partial charge in [0.05, 0.1) is 55.5 Å². The number of amides is 1. The third-order valence-electron chi connectivity index (χ3n) is 22.6. The number of aromatic nitrogens is 8. The molecule has 0 spiro atoms. The van der Waals surface area contributed by atoms with Gasteiger partial charge < -0.3 is 40.6 Å². The second kappa shape index (κ2) is 64.3. The van der Waals surface area contributed by atoms with Crippen molar-refractivity contribution in [2.75, 3.05) is 105 Å². The van der Waals surface area contributed by atoms with Crippen LogP contribution >= 0.6 is 253 Å². The molecule has 0 bridgehead atoms. The zero-order valence-electron chi connectivity index (χ0n) is 82.0. The van der Waals surface area contributed by atoms with Gasteiger partial charge in [0.15, 0.2) is 41.2 Å². The van der Waals surface area contributed by atoms with Gasteiger partial charge in [-0.1, -0.05) is 53.4 Å². The van der Waals surface area contributed by atoms with E-state index in [9.17, 15) is 31.2 Å². The Morgan fingerprint density at radius 2 is 0.820 bits per heavy atom. The van der Waals surface area contributed by atoms with Gasteiger partial charge in [0, 0.05) is 159 Å². The smallest absolute Gasteiger partial charge is 0.870 e. The summed E-state index contributed by atoms with van der Waals surface area (Å²) in [5.74, 6) is 2.44. The van der Waals surface area contributed by atoms with Gasteiger partial charge in [0.2, 0.25) is 9.23 Å². The number of likely N-dealkylation sites (tertiary alicyclic amines) is 1. The second-order valence-electron chi connectivity index (χ2n) is 32.9. The molecule has 800 valence electrons. The fourth-order valence-corrected chi connectivity index (χ4v) is 30.0. The number of carboxylic acid groups (broad SMARTS) is 2. The average Bonchev–Trinajstić information content (AvgIpc) is 1.64. The predicted octanol–water partition coefficient (Wildman–Crippen LogP) is 25.3. The van der Waals surface area contributed by atoms with E-state index in [2.05, 4.69) is 267 Å². The maximum absolute atomic E-state index is 12.0. The quantitative estimate of drug-likeness (QED) is 0.0165. The van der Waals surface area contributed by atoms with Gasteiger partial charge in [-0.3, -0.25) is 29.4 Å². The van der Waals surface area contributed by atoms with Crippen LogP contribution in [0.4, 0.5) is 29.0 Å². The molecule has 31 nitrogen and oxygen atoms in total. The van der Waals surface area contributed by atoms with Crippen molar-refractivity contribution >= 4 is 375 Å². The molecule has 1 atom stereocenters. The molecule has 23 rings (SSSR count). The monoisotopic (exact) mass is 2770 g/mol. The van der Waals surface area contributed by atoms with Crippen LogP contribution in [0, 0.1) is 13.8 Å². The Morgan fingerprint density at radius 3 is 1.19 bits per heavy atom. The first-order chi connectivity index (χ1) is 71.1. The van der Waals surface area contributed by atoms with Crippen molar-refractivity contribution in [3.05, 3.63) is 248 Å². The summed E-state index contributed by atoms with van der Waals surface area (Å²) in [5, 5.41) is 75.8. The molecule has 21 heterocycles. The normalized spacial score (nSPS) is 14.8. The van der Waals surface area contributed by atoms with Gasteiger partial charge >= 0.3 is 63.3 Å². The number of hydrazine groups is 1. The summed E-state index contributed by atoms with van der Waals surface area (Å²) in [6.07, 6.45) is 16.4. The number of piperazine rings is 1. The number of carbonyl (C=O) groups excluding carboxylic acids is 1. The number of hydrazone groups is 1. The maximum Gasteiger partial charge on any atom is 1.00 e. The first-order valence-corrected chi connectivity index (χ1v) is 66.6. The van der Waals surface area contributed by atoms with Crippen LogP contribution < -0.4 is 91.4 Å². The Hall–Kier alpha value is -5.02. The van der Waals surface area contributed by atoms with Crippen LogP contribution in [0.2, 0.25) is 0 Å². The van der Waals surface area contributed by atoms with Crippen LogP contribution in [0.15, 0.2) is 232 Å². The van der Waals surface area contributed by atoms with E-state index in [-0.39, 0.29) is 71.8 Å². The fraction of sp³-hybridized carbons (Fsp3) is 0.326. The summed E-state index contributed by atoms with van der Waals surface area (Å²) in [6, 6.07) is 34.5. The molecule has 8 N–H and O–H groups in total. The standard InChI is InChI=1S/C12H10BrClN2O2S2.C12H11BrN2O3S2.2C11H15N3S.C11H16N3S.C10H14N4S.C10H13N3S.2C5H3BrO2S.2C4H3BrS.Cl2OS.K.H2O/c1-8-2-4-9(5-3-8)20(17,18)16-15-12(14)11-10(13)6-7-19-11;1-8-2-4-9(5-3-8)20(17,18)15-14-12(16)11-10(13)6-7-19-11;2*1-13-9-5-8-15-10(9)11(12-13)14-6-3-2-4-7-14;1-13-11(14-6-3-2-4-7-14)10-9(12-13)5-8-15-10;1-13-8-2-7-15-9(8)10(12-13)14-5-3-11-4-6-14;1-2-5-13(6-3-1)10-9-8(11-12-10)4-7-14-9;2*6-3-1-2-9-4(3)5(7)8;2*5-4-1-2-6-3-4;1-4(2)3;;/h2-7,16H,1H3;2-7,15H,1H3,(H,14,16);2*5,8H,2-4,6-7H2,1H3;5,8,11H,2-4,6-7H2,1H3;2,7,11H,3-6H2,1H3;4,7H,1-3,5-6H2,(H,11,12);2*1-2H,(H,7,8);2*1-3H;;;1H2/q;;;;+1;;;;;;;;+1;/p-1/b15-12-;;;;;;;;;;;;;. The molecule has 5 saturated heterocycles. The van der Waals surface area contributed by atoms with Gasteiger partial charge in [-0.05, 0) is 335 Å². The SMILES string of the molecule is Brc1ccsc1.Brc1ccsc1.C[N+]1=Nc2ccsc2C1N1CCCCC1.Cc1ccc(S(=O)(=O)N/N=C(\Cl)c2sccc2Br)cc1.Cc1ccc(S(=O)(=O)NNC(=O)c2sccc2Br)cc1.Cn1nc(N2CCCCC2)c2sccc21.Cn1nc(N2CCCCC2)c2sccc21.Cn1nc(N2CCNCC2)c2sccc21.O=C(O)c1sccc1Br.O=C(O)c1sccc1Br.O=S(Cl)Cl.[K+].[OH-].c1cc2[nH]nc(N3CCCCC3)c2s1. The summed E-state index contributed by atoms with van der Waals surface area (Å²) >= 11 is 42.7. The summed E-state index contributed by atoms with van der Waals surface area (Å²) in [4.78, 5) is 52.2. The first-order valence-electron chi connectivity index (χ1n) is 45.9. The van der Waals surface area contributed by atoms with Gasteiger partial charge in [-0.25, -0.2) is 27.1 Å². The molecule has 0 aliphatic carbocycles. The van der Waals surface area contributed by atoms with Crippen LogP contribution in [0.1, 0.15) is 133 Å². The molecule has 150 heavy (non-hydrogen) atoms. The number of azo groups is 2. The number of rotatable bonds is 15. The van der Waals surface area contributed by atoms with Gasteiger partial charge in [-0.15, -0.1) is 112 Å². The number of aryl methyl sites for hydroxylation is 5. The Morgan fingerprint density at radius 1 is 0.460 bits per heavy atom. The number of carbonyl (C=O) groups is 3. The molecule has 5 fully saturated rings. The summed E-state index contributed by atoms with van der Waals surface area (Å²) < 4.78 is 75.5. The summed E-state index contributed by atoms with van der Waals surface area (Å²) in [5.41, 5.74) is 10.2. The molecule has 0 radical (unpaired) electrons. The molecule has 0 saturated carbocycles. The van der Waals surface area contributed by atoms with E-state index in [0.29, 0.717) is 39.1 Å². The molecule has 6 aliphatic heterocycles. The van der Waals surface area contributed by atoms with Crippen LogP contribution in [0.25, 0.3) is 40.9 Å². The molecule has 2 aromatic carbocycles. The number of aromatic amines is 1. The van der Waals surface area contributed by atoms with E-state index in [1.807, 2.05) is 105 Å². The fourth-order valence-electron chi connectivity index (χ4n) is 15.4. The van der Waals surface area contributed by atoms with Crippen molar-refractivity contribution < 1.29 is 107 Å². The van der Waals surface area contributed by atoms with E-state index < -0.39 is 47.1 Å². The van der Waals surface area contributed by atoms with Crippen LogP contribution in [0.5, 0.6) is 0 Å². The number of benzene rings is 2. The van der Waals surface area contributed by atoms with Crippen molar-refractivity contribution in [3.63, 3.8) is 0 Å². The van der Waals surface area contributed by atoms with Gasteiger partial charge in [-0.2, -0.15) is 61.4 Å². The van der Waals surface area contributed by atoms with E-state index >= 15 is 0 Å². The Labute approximate surface area is 1020 Å². The maximum atomic E-state index is 12.0. The number of nitrogens with one attached hydrogen (secondary N) is 5. The number of H-pyrrole nitrogens is 1.